The molecule has 0 spiro atoms. The Hall–Kier alpha value is -2.14. The summed E-state index contributed by atoms with van der Waals surface area (Å²) in [5.41, 5.74) is 1.80. The summed E-state index contributed by atoms with van der Waals surface area (Å²) in [6.07, 6.45) is 0. The van der Waals surface area contributed by atoms with Crippen LogP contribution in [0.25, 0.3) is 11.3 Å². The van der Waals surface area contributed by atoms with Gasteiger partial charge < -0.3 is 15.2 Å². The molecule has 1 aromatic carbocycles. The Morgan fingerprint density at radius 2 is 2.19 bits per heavy atom. The monoisotopic (exact) mass is 285 g/mol. The number of hydrogen-bond donors (Lipinski definition) is 2. The molecule has 1 aliphatic heterocycles. The second-order valence-electron chi connectivity index (χ2n) is 5.47. The Morgan fingerprint density at radius 1 is 1.43 bits per heavy atom. The lowest BCUT2D eigenvalue weighted by atomic mass is 9.88. The zero-order valence-electron chi connectivity index (χ0n) is 12.0. The summed E-state index contributed by atoms with van der Waals surface area (Å²) in [7, 11) is 0. The smallest absolute Gasteiger partial charge is 0.223 e. The molecule has 1 saturated heterocycles. The SMILES string of the molecule is CC(C(=O)NCc1cc(-c2ccccc2)no1)C1CNC1. The van der Waals surface area contributed by atoms with Crippen LogP contribution in [0, 0.1) is 11.8 Å². The second-order valence-corrected chi connectivity index (χ2v) is 5.47. The summed E-state index contributed by atoms with van der Waals surface area (Å²) < 4.78 is 5.27. The van der Waals surface area contributed by atoms with Crippen LogP contribution < -0.4 is 10.6 Å². The molecule has 2 N–H and O–H groups in total. The molecule has 1 atom stereocenters. The van der Waals surface area contributed by atoms with E-state index in [4.69, 9.17) is 4.52 Å². The minimum Gasteiger partial charge on any atom is -0.359 e. The molecule has 1 aromatic heterocycles. The van der Waals surface area contributed by atoms with Crippen molar-refractivity contribution in [2.24, 2.45) is 11.8 Å². The van der Waals surface area contributed by atoms with Crippen molar-refractivity contribution in [3.63, 3.8) is 0 Å². The third kappa shape index (κ3) is 3.13. The fraction of sp³-hybridized carbons (Fsp3) is 0.375. The highest BCUT2D eigenvalue weighted by atomic mass is 16.5. The zero-order chi connectivity index (χ0) is 14.7. The topological polar surface area (TPSA) is 67.2 Å². The number of nitrogens with zero attached hydrogens (tertiary/aromatic N) is 1. The Balaban J connectivity index is 1.56. The van der Waals surface area contributed by atoms with Crippen molar-refractivity contribution in [3.05, 3.63) is 42.2 Å². The van der Waals surface area contributed by atoms with Crippen molar-refractivity contribution in [1.29, 1.82) is 0 Å². The zero-order valence-corrected chi connectivity index (χ0v) is 12.0. The van der Waals surface area contributed by atoms with E-state index in [0.29, 0.717) is 18.2 Å². The summed E-state index contributed by atoms with van der Waals surface area (Å²) >= 11 is 0. The van der Waals surface area contributed by atoms with Crippen molar-refractivity contribution >= 4 is 5.91 Å². The van der Waals surface area contributed by atoms with Crippen LogP contribution in [0.5, 0.6) is 0 Å². The van der Waals surface area contributed by atoms with Crippen LogP contribution in [-0.4, -0.2) is 24.2 Å². The lowest BCUT2D eigenvalue weighted by Crippen LogP contribution is -2.49. The maximum Gasteiger partial charge on any atom is 0.223 e. The average Bonchev–Trinajstić information content (AvgIpc) is 2.92. The van der Waals surface area contributed by atoms with Gasteiger partial charge in [-0.15, -0.1) is 0 Å². The highest BCUT2D eigenvalue weighted by Crippen LogP contribution is 2.19. The standard InChI is InChI=1S/C16H19N3O2/c1-11(13-8-17-9-13)16(20)18-10-14-7-15(19-21-14)12-5-3-2-4-6-12/h2-7,11,13,17H,8-10H2,1H3,(H,18,20). The normalized spacial score (nSPS) is 16.2. The average molecular weight is 285 g/mol. The minimum atomic E-state index is 0.0303. The van der Waals surface area contributed by atoms with E-state index in [9.17, 15) is 4.79 Å². The van der Waals surface area contributed by atoms with Gasteiger partial charge in [-0.3, -0.25) is 4.79 Å². The van der Waals surface area contributed by atoms with Crippen LogP contribution in [0.4, 0.5) is 0 Å². The first-order valence-corrected chi connectivity index (χ1v) is 7.23. The maximum absolute atomic E-state index is 12.0. The molecule has 2 aromatic rings. The van der Waals surface area contributed by atoms with Crippen molar-refractivity contribution < 1.29 is 9.32 Å². The summed E-state index contributed by atoms with van der Waals surface area (Å²) in [6.45, 7) is 4.20. The molecule has 5 heteroatoms. The Morgan fingerprint density at radius 3 is 2.86 bits per heavy atom. The molecule has 1 aliphatic rings. The molecule has 0 bridgehead atoms. The molecule has 1 amide bonds. The predicted molar refractivity (Wildman–Crippen MR) is 79.3 cm³/mol. The number of hydrogen-bond acceptors (Lipinski definition) is 4. The van der Waals surface area contributed by atoms with Crippen LogP contribution in [0.2, 0.25) is 0 Å². The van der Waals surface area contributed by atoms with Crippen molar-refractivity contribution in [2.75, 3.05) is 13.1 Å². The van der Waals surface area contributed by atoms with Gasteiger partial charge in [-0.2, -0.15) is 0 Å². The van der Waals surface area contributed by atoms with Gasteiger partial charge in [0.15, 0.2) is 5.76 Å². The van der Waals surface area contributed by atoms with E-state index in [1.54, 1.807) is 0 Å². The number of aromatic nitrogens is 1. The van der Waals surface area contributed by atoms with E-state index in [1.807, 2.05) is 43.3 Å². The molecule has 0 radical (unpaired) electrons. The van der Waals surface area contributed by atoms with E-state index in [2.05, 4.69) is 15.8 Å². The summed E-state index contributed by atoms with van der Waals surface area (Å²) in [6, 6.07) is 11.7. The number of carbonyl (C=O) groups excluding carboxylic acids is 1. The quantitative estimate of drug-likeness (QED) is 0.879. The largest absolute Gasteiger partial charge is 0.359 e. The van der Waals surface area contributed by atoms with E-state index < -0.39 is 0 Å². The highest BCUT2D eigenvalue weighted by molar-refractivity contribution is 5.78. The van der Waals surface area contributed by atoms with Gasteiger partial charge in [0, 0.05) is 17.5 Å². The second kappa shape index (κ2) is 6.10. The number of amides is 1. The van der Waals surface area contributed by atoms with Crippen molar-refractivity contribution in [2.45, 2.75) is 13.5 Å². The van der Waals surface area contributed by atoms with Gasteiger partial charge in [0.05, 0.1) is 6.54 Å². The number of rotatable bonds is 5. The maximum atomic E-state index is 12.0. The van der Waals surface area contributed by atoms with Crippen LogP contribution in [0.3, 0.4) is 0 Å². The number of carbonyl (C=O) groups is 1. The molecule has 2 heterocycles. The molecule has 0 aliphatic carbocycles. The molecule has 1 fully saturated rings. The van der Waals surface area contributed by atoms with Crippen molar-refractivity contribution in [3.8, 4) is 11.3 Å². The van der Waals surface area contributed by atoms with Crippen molar-refractivity contribution in [1.82, 2.24) is 15.8 Å². The molecule has 5 nitrogen and oxygen atoms in total. The van der Waals surface area contributed by atoms with Gasteiger partial charge in [0.2, 0.25) is 5.91 Å². The van der Waals surface area contributed by atoms with Crippen LogP contribution in [0.1, 0.15) is 12.7 Å². The first kappa shape index (κ1) is 13.8. The molecular weight excluding hydrogens is 266 g/mol. The summed E-state index contributed by atoms with van der Waals surface area (Å²) in [5.74, 6) is 1.21. The van der Waals surface area contributed by atoms with E-state index >= 15 is 0 Å². The molecule has 3 rings (SSSR count). The van der Waals surface area contributed by atoms with Gasteiger partial charge in [-0.05, 0) is 19.0 Å². The third-order valence-electron chi connectivity index (χ3n) is 4.00. The fourth-order valence-electron chi connectivity index (χ4n) is 2.36. The molecule has 1 unspecified atom stereocenters. The van der Waals surface area contributed by atoms with Gasteiger partial charge in [0.25, 0.3) is 0 Å². The lowest BCUT2D eigenvalue weighted by molar-refractivity contribution is -0.126. The minimum absolute atomic E-state index is 0.0303. The fourth-order valence-corrected chi connectivity index (χ4v) is 2.36. The molecular formula is C16H19N3O2. The summed E-state index contributed by atoms with van der Waals surface area (Å²) in [4.78, 5) is 12.0. The van der Waals surface area contributed by atoms with E-state index in [-0.39, 0.29) is 11.8 Å². The molecule has 0 saturated carbocycles. The Labute approximate surface area is 123 Å². The lowest BCUT2D eigenvalue weighted by Gasteiger charge is -2.31. The Bertz CT molecular complexity index is 605. The van der Waals surface area contributed by atoms with Crippen LogP contribution in [-0.2, 0) is 11.3 Å². The van der Waals surface area contributed by atoms with Gasteiger partial charge >= 0.3 is 0 Å². The summed E-state index contributed by atoms with van der Waals surface area (Å²) in [5, 5.41) is 10.1. The van der Waals surface area contributed by atoms with Crippen LogP contribution in [0.15, 0.2) is 40.9 Å². The predicted octanol–water partition coefficient (Wildman–Crippen LogP) is 1.81. The van der Waals surface area contributed by atoms with Gasteiger partial charge in [-0.25, -0.2) is 0 Å². The highest BCUT2D eigenvalue weighted by Gasteiger charge is 2.28. The molecule has 110 valence electrons. The van der Waals surface area contributed by atoms with E-state index in [1.165, 1.54) is 0 Å². The number of nitrogens with one attached hydrogen (secondary N) is 2. The number of benzene rings is 1. The van der Waals surface area contributed by atoms with Gasteiger partial charge in [-0.1, -0.05) is 42.4 Å². The van der Waals surface area contributed by atoms with Crippen LogP contribution >= 0.6 is 0 Å². The first-order valence-electron chi connectivity index (χ1n) is 7.23. The molecule has 21 heavy (non-hydrogen) atoms. The van der Waals surface area contributed by atoms with E-state index in [0.717, 1.165) is 24.3 Å². The first-order chi connectivity index (χ1) is 10.2. The van der Waals surface area contributed by atoms with Gasteiger partial charge in [0.1, 0.15) is 5.69 Å². The Kier molecular flexibility index (Phi) is 4.01. The third-order valence-corrected chi connectivity index (χ3v) is 4.00.